The van der Waals surface area contributed by atoms with Crippen LogP contribution >= 0.6 is 11.8 Å². The summed E-state index contributed by atoms with van der Waals surface area (Å²) < 4.78 is 5.19. The van der Waals surface area contributed by atoms with Crippen molar-refractivity contribution in [2.75, 3.05) is 12.4 Å². The second-order valence-electron chi connectivity index (χ2n) is 6.24. The first-order valence-electron chi connectivity index (χ1n) is 9.27. The van der Waals surface area contributed by atoms with E-state index in [0.717, 1.165) is 43.0 Å². The Balaban J connectivity index is 2.46. The van der Waals surface area contributed by atoms with Gasteiger partial charge in [-0.1, -0.05) is 54.9 Å². The van der Waals surface area contributed by atoms with Gasteiger partial charge in [-0.2, -0.15) is 0 Å². The van der Waals surface area contributed by atoms with E-state index in [1.165, 1.54) is 6.92 Å². The molecule has 2 N–H and O–H groups in total. The van der Waals surface area contributed by atoms with Crippen molar-refractivity contribution in [3.8, 4) is 0 Å². The van der Waals surface area contributed by atoms with Crippen molar-refractivity contribution in [2.24, 2.45) is 0 Å². The number of carbonyl (C=O) groups excluding carboxylic acids is 3. The molecule has 0 spiro atoms. The van der Waals surface area contributed by atoms with E-state index >= 15 is 0 Å². The van der Waals surface area contributed by atoms with E-state index in [1.54, 1.807) is 0 Å². The lowest BCUT2D eigenvalue weighted by Gasteiger charge is -2.17. The molecule has 0 fully saturated rings. The normalized spacial score (nSPS) is 11.6. The van der Waals surface area contributed by atoms with Gasteiger partial charge >= 0.3 is 6.09 Å². The fraction of sp³-hybridized carbons (Fsp3) is 0.550. The molecular formula is C20H29NO5S. The Kier molecular flexibility index (Phi) is 12.2. The first-order valence-corrected chi connectivity index (χ1v) is 10.3. The molecule has 0 heterocycles. The van der Waals surface area contributed by atoms with Gasteiger partial charge in [0.05, 0.1) is 6.04 Å². The number of amides is 1. The van der Waals surface area contributed by atoms with E-state index in [0.29, 0.717) is 18.6 Å². The maximum absolute atomic E-state index is 12.4. The van der Waals surface area contributed by atoms with Crippen LogP contribution < -0.4 is 5.32 Å². The number of Topliss-reactive ketones (excluding diaryl/α,β-unsaturated/α-hetero) is 1. The molecule has 150 valence electrons. The van der Waals surface area contributed by atoms with Crippen LogP contribution in [-0.2, 0) is 20.9 Å². The van der Waals surface area contributed by atoms with Gasteiger partial charge in [-0.15, -0.1) is 0 Å². The lowest BCUT2D eigenvalue weighted by molar-refractivity contribution is -0.121. The standard InChI is InChI=1S/C20H29NO5S/c1-16(23)27-14-12-18(19(24)11-7-2-3-8-13-22)21-20(25)26-15-17-9-5-4-6-10-17/h4-6,9-10,18,22H,2-3,7-8,11-15H2,1H3,(H,21,25)/t18-/m0/s1. The molecular weight excluding hydrogens is 366 g/mol. The number of rotatable bonds is 13. The Morgan fingerprint density at radius 1 is 1.11 bits per heavy atom. The van der Waals surface area contributed by atoms with Crippen LogP contribution in [0.4, 0.5) is 4.79 Å². The Hall–Kier alpha value is -1.86. The van der Waals surface area contributed by atoms with E-state index < -0.39 is 12.1 Å². The summed E-state index contributed by atoms with van der Waals surface area (Å²) in [4.78, 5) is 35.6. The van der Waals surface area contributed by atoms with E-state index in [4.69, 9.17) is 9.84 Å². The van der Waals surface area contributed by atoms with Crippen LogP contribution in [0, 0.1) is 0 Å². The lowest BCUT2D eigenvalue weighted by atomic mass is 10.0. The van der Waals surface area contributed by atoms with Gasteiger partial charge in [-0.25, -0.2) is 4.79 Å². The van der Waals surface area contributed by atoms with Crippen molar-refractivity contribution in [1.82, 2.24) is 5.32 Å². The maximum atomic E-state index is 12.4. The molecule has 0 saturated carbocycles. The van der Waals surface area contributed by atoms with E-state index in [2.05, 4.69) is 5.32 Å². The number of benzene rings is 1. The summed E-state index contributed by atoms with van der Waals surface area (Å²) in [5.74, 6) is 0.412. The summed E-state index contributed by atoms with van der Waals surface area (Å²) >= 11 is 1.14. The van der Waals surface area contributed by atoms with E-state index in [1.807, 2.05) is 30.3 Å². The molecule has 1 atom stereocenters. The van der Waals surface area contributed by atoms with E-state index in [-0.39, 0.29) is 24.1 Å². The summed E-state index contributed by atoms with van der Waals surface area (Å²) in [6.07, 6.45) is 3.30. The smallest absolute Gasteiger partial charge is 0.408 e. The number of aliphatic hydroxyl groups is 1. The Bertz CT molecular complexity index is 579. The summed E-state index contributed by atoms with van der Waals surface area (Å²) in [7, 11) is 0. The second kappa shape index (κ2) is 14.2. The zero-order valence-corrected chi connectivity index (χ0v) is 16.6. The van der Waals surface area contributed by atoms with Crippen molar-refractivity contribution in [2.45, 2.75) is 58.1 Å². The first kappa shape index (κ1) is 23.2. The SMILES string of the molecule is CC(=O)SCC[C@H](NC(=O)OCc1ccccc1)C(=O)CCCCCCO. The number of carbonyl (C=O) groups is 3. The monoisotopic (exact) mass is 395 g/mol. The highest BCUT2D eigenvalue weighted by Gasteiger charge is 2.21. The number of hydrogen-bond acceptors (Lipinski definition) is 6. The summed E-state index contributed by atoms with van der Waals surface area (Å²) in [6, 6.07) is 8.65. The second-order valence-corrected chi connectivity index (χ2v) is 7.51. The molecule has 0 radical (unpaired) electrons. The molecule has 1 aromatic carbocycles. The minimum Gasteiger partial charge on any atom is -0.445 e. The number of unbranched alkanes of at least 4 members (excludes halogenated alkanes) is 3. The molecule has 27 heavy (non-hydrogen) atoms. The van der Waals surface area contributed by atoms with Crippen molar-refractivity contribution >= 4 is 28.8 Å². The summed E-state index contributed by atoms with van der Waals surface area (Å²) in [6.45, 7) is 1.77. The zero-order chi connectivity index (χ0) is 19.9. The number of hydrogen-bond donors (Lipinski definition) is 2. The molecule has 1 aromatic rings. The fourth-order valence-corrected chi connectivity index (χ4v) is 3.12. The van der Waals surface area contributed by atoms with Gasteiger partial charge in [0.2, 0.25) is 0 Å². The highest BCUT2D eigenvalue weighted by atomic mass is 32.2. The molecule has 0 aromatic heterocycles. The first-order chi connectivity index (χ1) is 13.0. The van der Waals surface area contributed by atoms with Crippen LogP contribution in [0.1, 0.15) is 51.0 Å². The molecule has 0 aliphatic rings. The van der Waals surface area contributed by atoms with Crippen LogP contribution in [-0.4, -0.2) is 40.5 Å². The predicted molar refractivity (Wildman–Crippen MR) is 106 cm³/mol. The van der Waals surface area contributed by atoms with Crippen LogP contribution in [0.25, 0.3) is 0 Å². The van der Waals surface area contributed by atoms with Gasteiger partial charge in [0, 0.05) is 25.7 Å². The summed E-state index contributed by atoms with van der Waals surface area (Å²) in [5.41, 5.74) is 0.867. The van der Waals surface area contributed by atoms with Crippen molar-refractivity contribution in [3.05, 3.63) is 35.9 Å². The quantitative estimate of drug-likeness (QED) is 0.497. The third-order valence-electron chi connectivity index (χ3n) is 3.94. The highest BCUT2D eigenvalue weighted by molar-refractivity contribution is 8.13. The van der Waals surface area contributed by atoms with Crippen molar-refractivity contribution in [3.63, 3.8) is 0 Å². The average Bonchev–Trinajstić information content (AvgIpc) is 2.66. The van der Waals surface area contributed by atoms with E-state index in [9.17, 15) is 14.4 Å². The molecule has 7 heteroatoms. The van der Waals surface area contributed by atoms with Gasteiger partial charge in [-0.05, 0) is 24.8 Å². The number of ketones is 1. The van der Waals surface area contributed by atoms with Crippen molar-refractivity contribution < 1.29 is 24.2 Å². The number of nitrogens with one attached hydrogen (secondary N) is 1. The van der Waals surface area contributed by atoms with Crippen LogP contribution in [0.15, 0.2) is 30.3 Å². The van der Waals surface area contributed by atoms with Crippen molar-refractivity contribution in [1.29, 1.82) is 0 Å². The maximum Gasteiger partial charge on any atom is 0.408 e. The van der Waals surface area contributed by atoms with Gasteiger partial charge in [0.25, 0.3) is 0 Å². The van der Waals surface area contributed by atoms with Gasteiger partial charge in [0.1, 0.15) is 6.61 Å². The number of ether oxygens (including phenoxy) is 1. The topological polar surface area (TPSA) is 92.7 Å². The number of thioether (sulfide) groups is 1. The molecule has 6 nitrogen and oxygen atoms in total. The molecule has 0 aliphatic heterocycles. The van der Waals surface area contributed by atoms with Gasteiger partial charge in [-0.3, -0.25) is 9.59 Å². The Labute approximate surface area is 165 Å². The third-order valence-corrected chi connectivity index (χ3v) is 4.78. The Morgan fingerprint density at radius 3 is 2.48 bits per heavy atom. The molecule has 0 bridgehead atoms. The third kappa shape index (κ3) is 11.5. The molecule has 1 amide bonds. The van der Waals surface area contributed by atoms with Crippen LogP contribution in [0.2, 0.25) is 0 Å². The highest BCUT2D eigenvalue weighted by Crippen LogP contribution is 2.11. The lowest BCUT2D eigenvalue weighted by Crippen LogP contribution is -2.41. The number of aliphatic hydroxyl groups excluding tert-OH is 1. The fourth-order valence-electron chi connectivity index (χ4n) is 2.48. The minimum atomic E-state index is -0.655. The number of alkyl carbamates (subject to hydrolysis) is 1. The van der Waals surface area contributed by atoms with Crippen LogP contribution in [0.5, 0.6) is 0 Å². The largest absolute Gasteiger partial charge is 0.445 e. The van der Waals surface area contributed by atoms with Crippen LogP contribution in [0.3, 0.4) is 0 Å². The minimum absolute atomic E-state index is 0.0168. The predicted octanol–water partition coefficient (Wildman–Crippen LogP) is 3.46. The average molecular weight is 396 g/mol. The Morgan fingerprint density at radius 2 is 1.81 bits per heavy atom. The summed E-state index contributed by atoms with van der Waals surface area (Å²) in [5, 5.41) is 11.4. The molecule has 0 saturated heterocycles. The van der Waals surface area contributed by atoms with Gasteiger partial charge < -0.3 is 15.2 Å². The molecule has 1 rings (SSSR count). The van der Waals surface area contributed by atoms with Gasteiger partial charge in [0.15, 0.2) is 10.9 Å². The molecule has 0 aliphatic carbocycles. The molecule has 0 unspecified atom stereocenters. The zero-order valence-electron chi connectivity index (χ0n) is 15.8.